The molecule has 13 rings (SSSR count). The van der Waals surface area contributed by atoms with E-state index in [2.05, 4.69) is 150 Å². The highest BCUT2D eigenvalue weighted by Gasteiger charge is 2.25. The minimum atomic E-state index is 0.534. The molecule has 274 valence electrons. The lowest BCUT2D eigenvalue weighted by molar-refractivity contribution is 0.666. The number of benzene rings is 9. The highest BCUT2D eigenvalue weighted by atomic mass is 16.3. The van der Waals surface area contributed by atoms with Gasteiger partial charge >= 0.3 is 0 Å². The van der Waals surface area contributed by atoms with E-state index in [1.807, 2.05) is 36.4 Å². The van der Waals surface area contributed by atoms with Crippen molar-refractivity contribution in [2.45, 2.75) is 0 Å². The molecule has 0 spiro atoms. The quantitative estimate of drug-likeness (QED) is 0.179. The van der Waals surface area contributed by atoms with E-state index in [0.717, 1.165) is 104 Å². The second kappa shape index (κ2) is 12.2. The van der Waals surface area contributed by atoms with Crippen LogP contribution in [0.25, 0.3) is 127 Å². The lowest BCUT2D eigenvalue weighted by Crippen LogP contribution is -2.04. The first-order valence-electron chi connectivity index (χ1n) is 19.8. The van der Waals surface area contributed by atoms with E-state index in [0.29, 0.717) is 17.5 Å². The average molecular weight is 755 g/mol. The molecule has 0 fully saturated rings. The van der Waals surface area contributed by atoms with Crippen LogP contribution in [-0.2, 0) is 0 Å². The van der Waals surface area contributed by atoms with E-state index < -0.39 is 0 Å². The first-order valence-corrected chi connectivity index (χ1v) is 19.8. The topological polar surface area (TPSA) is 69.9 Å². The van der Waals surface area contributed by atoms with Crippen LogP contribution in [0.2, 0.25) is 0 Å². The highest BCUT2D eigenvalue weighted by molar-refractivity contribution is 6.17. The molecule has 13 aromatic rings. The third-order valence-electron chi connectivity index (χ3n) is 11.8. The van der Waals surface area contributed by atoms with Gasteiger partial charge in [-0.15, -0.1) is 0 Å². The summed E-state index contributed by atoms with van der Waals surface area (Å²) < 4.78 is 15.6. The molecule has 9 aromatic carbocycles. The molecular weight excluding hydrogens is 725 g/mol. The van der Waals surface area contributed by atoms with Crippen LogP contribution in [0.15, 0.2) is 191 Å². The zero-order valence-electron chi connectivity index (χ0n) is 31.4. The Morgan fingerprint density at radius 1 is 0.339 bits per heavy atom. The second-order valence-corrected chi connectivity index (χ2v) is 15.2. The standard InChI is InChI=1S/C53H30N4O2/c1-2-12-32-27-35(22-21-31(32)11-1)51-54-52(36-23-24-40-38-16-6-9-19-46(38)58-48(40)30-36)56-53(55-51)42-26-25-41-39-17-7-10-20-47(39)59-50(41)49(42)57-44-18-8-5-15-37(44)43-28-33-13-3-4-14-34(33)29-45(43)57/h1-30H. The Balaban J connectivity index is 1.14. The van der Waals surface area contributed by atoms with Crippen molar-refractivity contribution in [3.8, 4) is 39.9 Å². The summed E-state index contributed by atoms with van der Waals surface area (Å²) in [5, 5.41) is 11.1. The third-order valence-corrected chi connectivity index (χ3v) is 11.8. The predicted octanol–water partition coefficient (Wildman–Crippen LogP) is 14.1. The second-order valence-electron chi connectivity index (χ2n) is 15.2. The molecule has 6 heteroatoms. The SMILES string of the molecule is c1ccc2cc(-c3nc(-c4ccc5c(c4)oc4ccccc45)nc(-c4ccc5c(oc6ccccc65)c4-n4c5ccccc5c5cc6ccccc6cc54)n3)ccc2c1. The lowest BCUT2D eigenvalue weighted by atomic mass is 10.0. The molecular formula is C53H30N4O2. The van der Waals surface area contributed by atoms with Crippen LogP contribution < -0.4 is 0 Å². The van der Waals surface area contributed by atoms with E-state index in [-0.39, 0.29) is 0 Å². The Morgan fingerprint density at radius 2 is 0.898 bits per heavy atom. The number of nitrogens with zero attached hydrogens (tertiary/aromatic N) is 4. The van der Waals surface area contributed by atoms with Gasteiger partial charge in [-0.2, -0.15) is 0 Å². The van der Waals surface area contributed by atoms with E-state index in [1.165, 1.54) is 5.39 Å². The monoisotopic (exact) mass is 754 g/mol. The van der Waals surface area contributed by atoms with E-state index in [4.69, 9.17) is 23.8 Å². The number of hydrogen-bond donors (Lipinski definition) is 0. The number of aromatic nitrogens is 4. The molecule has 0 aliphatic heterocycles. The summed E-state index contributed by atoms with van der Waals surface area (Å²) in [4.78, 5) is 15.9. The van der Waals surface area contributed by atoms with Crippen molar-refractivity contribution in [1.82, 2.24) is 19.5 Å². The molecule has 0 N–H and O–H groups in total. The van der Waals surface area contributed by atoms with Gasteiger partial charge in [0.1, 0.15) is 22.4 Å². The van der Waals surface area contributed by atoms with Crippen LogP contribution in [0.1, 0.15) is 0 Å². The van der Waals surface area contributed by atoms with Crippen molar-refractivity contribution in [3.05, 3.63) is 182 Å². The van der Waals surface area contributed by atoms with Crippen molar-refractivity contribution >= 4 is 87.2 Å². The van der Waals surface area contributed by atoms with Crippen molar-refractivity contribution in [3.63, 3.8) is 0 Å². The Morgan fingerprint density at radius 3 is 1.69 bits per heavy atom. The van der Waals surface area contributed by atoms with Gasteiger partial charge in [0.05, 0.1) is 11.0 Å². The Bertz CT molecular complexity index is 3870. The molecule has 4 heterocycles. The summed E-state index contributed by atoms with van der Waals surface area (Å²) in [6, 6.07) is 63.3. The maximum Gasteiger partial charge on any atom is 0.166 e. The van der Waals surface area contributed by atoms with E-state index in [1.54, 1.807) is 0 Å². The number of rotatable bonds is 4. The first-order chi connectivity index (χ1) is 29.2. The van der Waals surface area contributed by atoms with Crippen LogP contribution in [0.4, 0.5) is 0 Å². The predicted molar refractivity (Wildman–Crippen MR) is 240 cm³/mol. The molecule has 59 heavy (non-hydrogen) atoms. The maximum absolute atomic E-state index is 6.91. The van der Waals surface area contributed by atoms with Gasteiger partial charge in [0, 0.05) is 49.0 Å². The minimum absolute atomic E-state index is 0.534. The summed E-state index contributed by atoms with van der Waals surface area (Å²) in [6.07, 6.45) is 0. The zero-order chi connectivity index (χ0) is 38.6. The lowest BCUT2D eigenvalue weighted by Gasteiger charge is -2.15. The van der Waals surface area contributed by atoms with Crippen molar-refractivity contribution in [2.24, 2.45) is 0 Å². The molecule has 0 saturated carbocycles. The van der Waals surface area contributed by atoms with Gasteiger partial charge in [0.25, 0.3) is 0 Å². The van der Waals surface area contributed by atoms with Gasteiger partial charge in [-0.25, -0.2) is 15.0 Å². The summed E-state index contributed by atoms with van der Waals surface area (Å²) in [5.41, 5.74) is 8.75. The van der Waals surface area contributed by atoms with Crippen LogP contribution in [0.5, 0.6) is 0 Å². The smallest absolute Gasteiger partial charge is 0.166 e. The summed E-state index contributed by atoms with van der Waals surface area (Å²) in [6.45, 7) is 0. The Kier molecular flexibility index (Phi) is 6.63. The van der Waals surface area contributed by atoms with Gasteiger partial charge in [0.2, 0.25) is 0 Å². The molecule has 4 aromatic heterocycles. The van der Waals surface area contributed by atoms with Crippen LogP contribution in [0.3, 0.4) is 0 Å². The normalized spacial score (nSPS) is 12.1. The third kappa shape index (κ3) is 4.84. The van der Waals surface area contributed by atoms with Crippen molar-refractivity contribution in [1.29, 1.82) is 0 Å². The Hall–Kier alpha value is -8.09. The fraction of sp³-hybridized carbons (Fsp3) is 0. The minimum Gasteiger partial charge on any atom is -0.456 e. The van der Waals surface area contributed by atoms with Crippen molar-refractivity contribution in [2.75, 3.05) is 0 Å². The highest BCUT2D eigenvalue weighted by Crippen LogP contribution is 2.43. The van der Waals surface area contributed by atoms with Gasteiger partial charge in [0.15, 0.2) is 23.1 Å². The molecule has 0 saturated heterocycles. The number of furan rings is 2. The molecule has 0 radical (unpaired) electrons. The van der Waals surface area contributed by atoms with Gasteiger partial charge in [-0.05, 0) is 82.2 Å². The maximum atomic E-state index is 6.91. The molecule has 0 bridgehead atoms. The van der Waals surface area contributed by atoms with E-state index >= 15 is 0 Å². The van der Waals surface area contributed by atoms with Gasteiger partial charge in [-0.3, -0.25) is 0 Å². The summed E-state index contributed by atoms with van der Waals surface area (Å²) >= 11 is 0. The number of hydrogen-bond acceptors (Lipinski definition) is 5. The first kappa shape index (κ1) is 32.0. The van der Waals surface area contributed by atoms with Crippen LogP contribution in [0, 0.1) is 0 Å². The molecule has 6 nitrogen and oxygen atoms in total. The largest absolute Gasteiger partial charge is 0.456 e. The van der Waals surface area contributed by atoms with E-state index in [9.17, 15) is 0 Å². The summed E-state index contributed by atoms with van der Waals surface area (Å²) in [5.74, 6) is 1.65. The number of fused-ring (bicyclic) bond motifs is 11. The fourth-order valence-electron chi connectivity index (χ4n) is 9.02. The van der Waals surface area contributed by atoms with Gasteiger partial charge < -0.3 is 13.4 Å². The zero-order valence-corrected chi connectivity index (χ0v) is 31.4. The molecule has 0 unspecified atom stereocenters. The molecule has 0 aliphatic rings. The van der Waals surface area contributed by atoms with Gasteiger partial charge in [-0.1, -0.05) is 121 Å². The van der Waals surface area contributed by atoms with Crippen molar-refractivity contribution < 1.29 is 8.83 Å². The molecule has 0 amide bonds. The number of para-hydroxylation sites is 3. The van der Waals surface area contributed by atoms with Crippen LogP contribution >= 0.6 is 0 Å². The van der Waals surface area contributed by atoms with Crippen LogP contribution in [-0.4, -0.2) is 19.5 Å². The molecule has 0 atom stereocenters. The Labute approximate surface area is 336 Å². The molecule has 0 aliphatic carbocycles. The fourth-order valence-corrected chi connectivity index (χ4v) is 9.02. The summed E-state index contributed by atoms with van der Waals surface area (Å²) in [7, 11) is 0. The average Bonchev–Trinajstić information content (AvgIpc) is 3.97.